The molecule has 29 heavy (non-hydrogen) atoms. The van der Waals surface area contributed by atoms with Gasteiger partial charge in [-0.2, -0.15) is 0 Å². The number of benzene rings is 1. The number of likely N-dealkylation sites (N-methyl/N-ethyl adjacent to an activating group) is 1. The molecule has 0 saturated carbocycles. The fraction of sp³-hybridized carbons (Fsp3) is 0.381. The van der Waals surface area contributed by atoms with Crippen LogP contribution in [0, 0.1) is 0 Å². The summed E-state index contributed by atoms with van der Waals surface area (Å²) in [4.78, 5) is 32.9. The Bertz CT molecular complexity index is 885. The van der Waals surface area contributed by atoms with Gasteiger partial charge in [0.15, 0.2) is 11.5 Å². The summed E-state index contributed by atoms with van der Waals surface area (Å²) in [6.45, 7) is 1.62. The molecule has 2 aromatic rings. The number of aromatic nitrogens is 1. The second kappa shape index (κ2) is 9.38. The summed E-state index contributed by atoms with van der Waals surface area (Å²) in [5, 5.41) is 2.83. The number of hydrogen-bond donors (Lipinski definition) is 1. The third-order valence-corrected chi connectivity index (χ3v) is 4.60. The summed E-state index contributed by atoms with van der Waals surface area (Å²) in [7, 11) is 5.45. The van der Waals surface area contributed by atoms with E-state index in [9.17, 15) is 9.59 Å². The van der Waals surface area contributed by atoms with Gasteiger partial charge in [0, 0.05) is 37.7 Å². The van der Waals surface area contributed by atoms with Gasteiger partial charge in [-0.25, -0.2) is 4.98 Å². The third kappa shape index (κ3) is 5.03. The smallest absolute Gasteiger partial charge is 0.243 e. The molecule has 0 fully saturated rings. The summed E-state index contributed by atoms with van der Waals surface area (Å²) < 4.78 is 11.4. The molecule has 8 nitrogen and oxygen atoms in total. The first-order valence-corrected chi connectivity index (χ1v) is 9.50. The Morgan fingerprint density at radius 2 is 2.07 bits per heavy atom. The minimum Gasteiger partial charge on any atom is -0.493 e. The van der Waals surface area contributed by atoms with Crippen LogP contribution in [0.1, 0.15) is 18.4 Å². The van der Waals surface area contributed by atoms with Crippen LogP contribution in [0.25, 0.3) is 0 Å². The lowest BCUT2D eigenvalue weighted by molar-refractivity contribution is -0.125. The van der Waals surface area contributed by atoms with Crippen LogP contribution in [-0.2, 0) is 16.1 Å². The molecule has 8 heteroatoms. The monoisotopic (exact) mass is 398 g/mol. The first-order valence-electron chi connectivity index (χ1n) is 9.50. The van der Waals surface area contributed by atoms with Crippen molar-refractivity contribution in [2.45, 2.75) is 19.4 Å². The zero-order chi connectivity index (χ0) is 20.8. The summed E-state index contributed by atoms with van der Waals surface area (Å²) >= 11 is 0. The van der Waals surface area contributed by atoms with Gasteiger partial charge in [-0.15, -0.1) is 0 Å². The van der Waals surface area contributed by atoms with Gasteiger partial charge in [0.2, 0.25) is 17.7 Å². The number of carbonyl (C=O) groups is 2. The van der Waals surface area contributed by atoms with Crippen molar-refractivity contribution in [1.82, 2.24) is 15.2 Å². The van der Waals surface area contributed by atoms with Crippen molar-refractivity contribution < 1.29 is 19.1 Å². The number of amides is 2. The molecular weight excluding hydrogens is 372 g/mol. The van der Waals surface area contributed by atoms with Crippen molar-refractivity contribution in [3.63, 3.8) is 0 Å². The molecule has 1 aliphatic heterocycles. The van der Waals surface area contributed by atoms with Crippen molar-refractivity contribution in [1.29, 1.82) is 0 Å². The quantitative estimate of drug-likeness (QED) is 0.770. The second-order valence-corrected chi connectivity index (χ2v) is 7.01. The zero-order valence-electron chi connectivity index (χ0n) is 17.0. The van der Waals surface area contributed by atoms with E-state index in [2.05, 4.69) is 10.3 Å². The van der Waals surface area contributed by atoms with Gasteiger partial charge < -0.3 is 24.6 Å². The van der Waals surface area contributed by atoms with Gasteiger partial charge in [0.25, 0.3) is 0 Å². The van der Waals surface area contributed by atoms with Crippen LogP contribution in [0.5, 0.6) is 17.4 Å². The average molecular weight is 398 g/mol. The van der Waals surface area contributed by atoms with E-state index in [-0.39, 0.29) is 24.7 Å². The highest BCUT2D eigenvalue weighted by Gasteiger charge is 2.27. The summed E-state index contributed by atoms with van der Waals surface area (Å²) in [6, 6.07) is 9.08. The molecule has 0 radical (unpaired) electrons. The molecule has 1 aromatic heterocycles. The largest absolute Gasteiger partial charge is 0.493 e. The highest BCUT2D eigenvalue weighted by molar-refractivity contribution is 5.96. The molecule has 154 valence electrons. The van der Waals surface area contributed by atoms with E-state index in [0.717, 1.165) is 12.1 Å². The van der Waals surface area contributed by atoms with Crippen LogP contribution in [0.15, 0.2) is 36.5 Å². The Morgan fingerprint density at radius 3 is 2.83 bits per heavy atom. The molecule has 1 aromatic carbocycles. The number of ether oxygens (including phenoxy) is 2. The van der Waals surface area contributed by atoms with Gasteiger partial charge in [-0.3, -0.25) is 9.59 Å². The predicted octanol–water partition coefficient (Wildman–Crippen LogP) is 2.19. The van der Waals surface area contributed by atoms with Crippen molar-refractivity contribution in [3.05, 3.63) is 42.1 Å². The Labute approximate surface area is 170 Å². The number of fused-ring (bicyclic) bond motifs is 2. The molecule has 2 amide bonds. The molecule has 2 heterocycles. The maximum absolute atomic E-state index is 13.0. The molecule has 3 rings (SSSR count). The normalized spacial score (nSPS) is 12.5. The van der Waals surface area contributed by atoms with Crippen molar-refractivity contribution in [2.24, 2.45) is 0 Å². The molecule has 0 unspecified atom stereocenters. The summed E-state index contributed by atoms with van der Waals surface area (Å²) in [5.74, 6) is 1.15. The number of methoxy groups -OCH3 is 1. The lowest BCUT2D eigenvalue weighted by Crippen LogP contribution is -2.34. The minimum atomic E-state index is -0.165. The molecule has 0 saturated heterocycles. The van der Waals surface area contributed by atoms with Crippen LogP contribution in [-0.4, -0.2) is 56.0 Å². The first kappa shape index (κ1) is 20.6. The van der Waals surface area contributed by atoms with E-state index in [1.54, 1.807) is 36.4 Å². The van der Waals surface area contributed by atoms with E-state index in [1.807, 2.05) is 31.1 Å². The van der Waals surface area contributed by atoms with Gasteiger partial charge in [-0.1, -0.05) is 12.1 Å². The van der Waals surface area contributed by atoms with Crippen molar-refractivity contribution in [3.8, 4) is 17.4 Å². The van der Waals surface area contributed by atoms with Gasteiger partial charge in [0.1, 0.15) is 5.69 Å². The van der Waals surface area contributed by atoms with Crippen LogP contribution in [0.3, 0.4) is 0 Å². The number of hydrogen-bond acceptors (Lipinski definition) is 6. The van der Waals surface area contributed by atoms with E-state index in [4.69, 9.17) is 9.47 Å². The average Bonchev–Trinajstić information content (AvgIpc) is 2.88. The molecular formula is C21H26N4O4. The molecule has 1 aliphatic rings. The Hall–Kier alpha value is -3.13. The lowest BCUT2D eigenvalue weighted by atomic mass is 10.1. The lowest BCUT2D eigenvalue weighted by Gasteiger charge is -2.21. The van der Waals surface area contributed by atoms with Gasteiger partial charge in [-0.05, 0) is 32.3 Å². The van der Waals surface area contributed by atoms with Gasteiger partial charge in [0.05, 0.1) is 13.7 Å². The summed E-state index contributed by atoms with van der Waals surface area (Å²) in [6.07, 6.45) is 1.84. The topological polar surface area (TPSA) is 84.0 Å². The molecule has 0 aliphatic carbocycles. The van der Waals surface area contributed by atoms with E-state index in [1.165, 1.54) is 0 Å². The van der Waals surface area contributed by atoms with Crippen molar-refractivity contribution in [2.75, 3.05) is 39.2 Å². The summed E-state index contributed by atoms with van der Waals surface area (Å²) in [5.41, 5.74) is 1.38. The Morgan fingerprint density at radius 1 is 1.24 bits per heavy atom. The minimum absolute atomic E-state index is 0.0986. The molecule has 1 N–H and O–H groups in total. The van der Waals surface area contributed by atoms with Crippen LogP contribution in [0.4, 0.5) is 5.69 Å². The number of nitrogens with one attached hydrogen (secondary N) is 1. The number of para-hydroxylation sites is 1. The van der Waals surface area contributed by atoms with Crippen molar-refractivity contribution >= 4 is 17.5 Å². The van der Waals surface area contributed by atoms with Gasteiger partial charge >= 0.3 is 0 Å². The Kier molecular flexibility index (Phi) is 6.66. The Balaban J connectivity index is 1.75. The standard InChI is InChI=1S/C21H26N4O4/c1-24(2)13-12-22-18(26)9-10-19(27)25-14-15-6-4-8-17(28-3)20(15)29-21-16(25)7-5-11-23-21/h4-8,11H,9-10,12-14H2,1-3H3,(H,22,26). The molecule has 0 spiro atoms. The highest BCUT2D eigenvalue weighted by atomic mass is 16.5. The van der Waals surface area contributed by atoms with Crippen LogP contribution < -0.4 is 19.7 Å². The number of anilines is 1. The second-order valence-electron chi connectivity index (χ2n) is 7.01. The highest BCUT2D eigenvalue weighted by Crippen LogP contribution is 2.42. The van der Waals surface area contributed by atoms with E-state index < -0.39 is 0 Å². The van der Waals surface area contributed by atoms with Crippen LogP contribution in [0.2, 0.25) is 0 Å². The van der Waals surface area contributed by atoms with E-state index >= 15 is 0 Å². The SMILES string of the molecule is COc1cccc2c1Oc1ncccc1N(C(=O)CCC(=O)NCCN(C)C)C2. The number of rotatable bonds is 7. The fourth-order valence-electron chi connectivity index (χ4n) is 3.07. The number of carbonyl (C=O) groups excluding carboxylic acids is 2. The first-order chi connectivity index (χ1) is 14.0. The zero-order valence-corrected chi connectivity index (χ0v) is 17.0. The predicted molar refractivity (Wildman–Crippen MR) is 109 cm³/mol. The fourth-order valence-corrected chi connectivity index (χ4v) is 3.07. The number of nitrogens with zero attached hydrogens (tertiary/aromatic N) is 3. The molecule has 0 bridgehead atoms. The third-order valence-electron chi connectivity index (χ3n) is 4.60. The maximum atomic E-state index is 13.0. The maximum Gasteiger partial charge on any atom is 0.243 e. The number of pyridine rings is 1. The molecule has 0 atom stereocenters. The van der Waals surface area contributed by atoms with E-state index in [0.29, 0.717) is 36.2 Å². The van der Waals surface area contributed by atoms with Crippen LogP contribution >= 0.6 is 0 Å².